The predicted octanol–water partition coefficient (Wildman–Crippen LogP) is 0.329. The van der Waals surface area contributed by atoms with Crippen LogP contribution in [0.4, 0.5) is 0 Å². The zero-order chi connectivity index (χ0) is 7.98. The van der Waals surface area contributed by atoms with E-state index >= 15 is 0 Å². The van der Waals surface area contributed by atoms with Gasteiger partial charge in [0.2, 0.25) is 0 Å². The van der Waals surface area contributed by atoms with Gasteiger partial charge in [0, 0.05) is 13.5 Å². The Kier molecular flexibility index (Phi) is 5.16. The van der Waals surface area contributed by atoms with E-state index in [9.17, 15) is 4.79 Å². The summed E-state index contributed by atoms with van der Waals surface area (Å²) in [5.74, 6) is 0.101. The van der Waals surface area contributed by atoms with E-state index in [1.54, 1.807) is 7.11 Å². The molecule has 0 fully saturated rings. The second-order valence-corrected chi connectivity index (χ2v) is 2.33. The number of rotatable bonds is 5. The number of methoxy groups -OCH3 is 1. The molecule has 0 rings (SSSR count). The van der Waals surface area contributed by atoms with Crippen LogP contribution in [0.2, 0.25) is 0 Å². The lowest BCUT2D eigenvalue weighted by molar-refractivity contribution is -0.118. The molecule has 1 atom stereocenters. The van der Waals surface area contributed by atoms with Gasteiger partial charge in [0.1, 0.15) is 5.78 Å². The van der Waals surface area contributed by atoms with Crippen molar-refractivity contribution in [1.29, 1.82) is 0 Å². The van der Waals surface area contributed by atoms with Crippen LogP contribution in [0.5, 0.6) is 0 Å². The quantitative estimate of drug-likeness (QED) is 0.606. The van der Waals surface area contributed by atoms with Gasteiger partial charge in [-0.15, -0.1) is 0 Å². The molecule has 0 heterocycles. The molecular formula is C7H15NO2. The van der Waals surface area contributed by atoms with Crippen LogP contribution in [-0.2, 0) is 9.53 Å². The highest BCUT2D eigenvalue weighted by Crippen LogP contribution is 1.99. The van der Waals surface area contributed by atoms with Gasteiger partial charge in [-0.05, 0) is 13.3 Å². The molecule has 0 aromatic carbocycles. The van der Waals surface area contributed by atoms with Gasteiger partial charge in [-0.2, -0.15) is 0 Å². The molecule has 0 spiro atoms. The van der Waals surface area contributed by atoms with Gasteiger partial charge in [0.05, 0.1) is 12.6 Å². The van der Waals surface area contributed by atoms with E-state index in [-0.39, 0.29) is 18.4 Å². The first kappa shape index (κ1) is 9.59. The van der Waals surface area contributed by atoms with Gasteiger partial charge in [0.25, 0.3) is 0 Å². The summed E-state index contributed by atoms with van der Waals surface area (Å²) in [5, 5.41) is 0. The molecule has 0 aliphatic carbocycles. The molecule has 10 heavy (non-hydrogen) atoms. The summed E-state index contributed by atoms with van der Waals surface area (Å²) in [4.78, 5) is 10.7. The number of hydrogen-bond donors (Lipinski definition) is 1. The monoisotopic (exact) mass is 145 g/mol. The summed E-state index contributed by atoms with van der Waals surface area (Å²) in [5.41, 5.74) is 5.11. The Bertz CT molecular complexity index is 104. The zero-order valence-corrected chi connectivity index (χ0v) is 6.59. The first-order chi connectivity index (χ1) is 4.70. The fourth-order valence-corrected chi connectivity index (χ4v) is 0.584. The van der Waals surface area contributed by atoms with E-state index in [4.69, 9.17) is 10.5 Å². The molecule has 2 N–H and O–H groups in total. The van der Waals surface area contributed by atoms with Gasteiger partial charge in [0.15, 0.2) is 0 Å². The van der Waals surface area contributed by atoms with Crippen molar-refractivity contribution in [2.75, 3.05) is 13.7 Å². The van der Waals surface area contributed by atoms with Crippen molar-refractivity contribution in [2.45, 2.75) is 25.9 Å². The second-order valence-electron chi connectivity index (χ2n) is 2.33. The molecule has 0 saturated carbocycles. The maximum Gasteiger partial charge on any atom is 0.146 e. The Morgan fingerprint density at radius 1 is 1.70 bits per heavy atom. The van der Waals surface area contributed by atoms with Crippen molar-refractivity contribution in [3.8, 4) is 0 Å². The summed E-state index contributed by atoms with van der Waals surface area (Å²) in [6.45, 7) is 2.08. The standard InChI is InChI=1S/C7H15NO2/c1-6(10-2)3-4-7(9)5-8/h6H,3-5,8H2,1-2H3. The van der Waals surface area contributed by atoms with Crippen LogP contribution in [-0.4, -0.2) is 25.5 Å². The third-order valence-corrected chi connectivity index (χ3v) is 1.46. The molecule has 0 aromatic rings. The Hall–Kier alpha value is -0.410. The molecule has 0 saturated heterocycles. The Morgan fingerprint density at radius 2 is 2.30 bits per heavy atom. The Balaban J connectivity index is 3.26. The summed E-state index contributed by atoms with van der Waals surface area (Å²) in [7, 11) is 1.64. The zero-order valence-electron chi connectivity index (χ0n) is 6.59. The van der Waals surface area contributed by atoms with Crippen molar-refractivity contribution >= 4 is 5.78 Å². The maximum atomic E-state index is 10.7. The lowest BCUT2D eigenvalue weighted by atomic mass is 10.1. The number of nitrogens with two attached hydrogens (primary N) is 1. The predicted molar refractivity (Wildman–Crippen MR) is 39.8 cm³/mol. The van der Waals surface area contributed by atoms with E-state index in [2.05, 4.69) is 0 Å². The molecule has 0 aliphatic rings. The van der Waals surface area contributed by atoms with Gasteiger partial charge in [-0.3, -0.25) is 4.79 Å². The van der Waals surface area contributed by atoms with Gasteiger partial charge >= 0.3 is 0 Å². The van der Waals surface area contributed by atoms with Gasteiger partial charge in [-0.1, -0.05) is 0 Å². The van der Waals surface area contributed by atoms with Gasteiger partial charge < -0.3 is 10.5 Å². The summed E-state index contributed by atoms with van der Waals surface area (Å²) in [6, 6.07) is 0. The lowest BCUT2D eigenvalue weighted by Gasteiger charge is -2.06. The Labute approximate surface area is 61.5 Å². The number of hydrogen-bond acceptors (Lipinski definition) is 3. The van der Waals surface area contributed by atoms with Crippen LogP contribution < -0.4 is 5.73 Å². The van der Waals surface area contributed by atoms with Crippen molar-refractivity contribution in [3.63, 3.8) is 0 Å². The van der Waals surface area contributed by atoms with E-state index in [0.29, 0.717) is 6.42 Å². The maximum absolute atomic E-state index is 10.7. The fraction of sp³-hybridized carbons (Fsp3) is 0.857. The highest BCUT2D eigenvalue weighted by Gasteiger charge is 2.02. The number of Topliss-reactive ketones (excluding diaryl/α,β-unsaturated/α-hetero) is 1. The van der Waals surface area contributed by atoms with Crippen molar-refractivity contribution < 1.29 is 9.53 Å². The SMILES string of the molecule is COC(C)CCC(=O)CN. The van der Waals surface area contributed by atoms with Crippen LogP contribution >= 0.6 is 0 Å². The molecule has 60 valence electrons. The van der Waals surface area contributed by atoms with Gasteiger partial charge in [-0.25, -0.2) is 0 Å². The summed E-state index contributed by atoms with van der Waals surface area (Å²) < 4.78 is 4.95. The molecule has 0 bridgehead atoms. The van der Waals surface area contributed by atoms with Crippen LogP contribution in [0.1, 0.15) is 19.8 Å². The van der Waals surface area contributed by atoms with E-state index in [0.717, 1.165) is 6.42 Å². The first-order valence-electron chi connectivity index (χ1n) is 3.45. The van der Waals surface area contributed by atoms with Crippen LogP contribution in [0.25, 0.3) is 0 Å². The van der Waals surface area contributed by atoms with Crippen molar-refractivity contribution in [3.05, 3.63) is 0 Å². The number of carbonyl (C=O) groups excluding carboxylic acids is 1. The van der Waals surface area contributed by atoms with E-state index in [1.807, 2.05) is 6.92 Å². The molecule has 0 radical (unpaired) electrons. The highest BCUT2D eigenvalue weighted by molar-refractivity contribution is 5.80. The molecule has 3 nitrogen and oxygen atoms in total. The average molecular weight is 145 g/mol. The average Bonchev–Trinajstić information content (AvgIpc) is 1.99. The third-order valence-electron chi connectivity index (χ3n) is 1.46. The molecule has 1 unspecified atom stereocenters. The van der Waals surface area contributed by atoms with Crippen molar-refractivity contribution in [2.24, 2.45) is 5.73 Å². The topological polar surface area (TPSA) is 52.3 Å². The molecule has 0 aromatic heterocycles. The van der Waals surface area contributed by atoms with E-state index < -0.39 is 0 Å². The van der Waals surface area contributed by atoms with Crippen LogP contribution in [0.3, 0.4) is 0 Å². The minimum absolute atomic E-state index is 0.101. The normalized spacial score (nSPS) is 13.1. The summed E-state index contributed by atoms with van der Waals surface area (Å²) in [6.07, 6.45) is 1.47. The van der Waals surface area contributed by atoms with Crippen LogP contribution in [0, 0.1) is 0 Å². The smallest absolute Gasteiger partial charge is 0.146 e. The number of carbonyl (C=O) groups is 1. The Morgan fingerprint density at radius 3 is 2.70 bits per heavy atom. The molecule has 0 aliphatic heterocycles. The lowest BCUT2D eigenvalue weighted by Crippen LogP contribution is -2.15. The van der Waals surface area contributed by atoms with Crippen LogP contribution in [0.15, 0.2) is 0 Å². The highest BCUT2D eigenvalue weighted by atomic mass is 16.5. The molecule has 0 amide bonds. The first-order valence-corrected chi connectivity index (χ1v) is 3.45. The summed E-state index contributed by atoms with van der Waals surface area (Å²) >= 11 is 0. The minimum Gasteiger partial charge on any atom is -0.382 e. The molecule has 3 heteroatoms. The fourth-order valence-electron chi connectivity index (χ4n) is 0.584. The largest absolute Gasteiger partial charge is 0.382 e. The van der Waals surface area contributed by atoms with E-state index in [1.165, 1.54) is 0 Å². The number of ketones is 1. The van der Waals surface area contributed by atoms with Crippen molar-refractivity contribution in [1.82, 2.24) is 0 Å². The molecular weight excluding hydrogens is 130 g/mol. The second kappa shape index (κ2) is 5.38. The minimum atomic E-state index is 0.101. The number of ether oxygens (including phenoxy) is 1. The third kappa shape index (κ3) is 4.47.